The van der Waals surface area contributed by atoms with E-state index in [2.05, 4.69) is 10.3 Å². The van der Waals surface area contributed by atoms with Crippen LogP contribution in [0.2, 0.25) is 0 Å². The van der Waals surface area contributed by atoms with Crippen molar-refractivity contribution in [2.45, 2.75) is 30.8 Å². The number of fused-ring (bicyclic) bond motifs is 1. The van der Waals surface area contributed by atoms with Crippen LogP contribution in [0, 0.1) is 0 Å². The SMILES string of the molecule is C[C@H](OC(=O)c1cc(=O)[nH]c2ccccc12)C(=O)Nc1ccc(S(=O)(=O)N2CCCC2)cc1. The Labute approximate surface area is 190 Å². The third-order valence-corrected chi connectivity index (χ3v) is 7.36. The number of ether oxygens (including phenoxy) is 1. The van der Waals surface area contributed by atoms with Crippen LogP contribution in [0.4, 0.5) is 5.69 Å². The molecular weight excluding hydrogens is 446 g/mol. The number of pyridine rings is 1. The quantitative estimate of drug-likeness (QED) is 0.534. The van der Waals surface area contributed by atoms with E-state index in [1.54, 1.807) is 24.3 Å². The molecule has 1 amide bonds. The molecule has 0 unspecified atom stereocenters. The summed E-state index contributed by atoms with van der Waals surface area (Å²) < 4.78 is 31.9. The summed E-state index contributed by atoms with van der Waals surface area (Å²) in [5, 5.41) is 3.11. The van der Waals surface area contributed by atoms with E-state index in [-0.39, 0.29) is 10.5 Å². The molecule has 9 nitrogen and oxygen atoms in total. The molecule has 0 aliphatic carbocycles. The topological polar surface area (TPSA) is 126 Å². The zero-order chi connectivity index (χ0) is 23.6. The van der Waals surface area contributed by atoms with E-state index in [9.17, 15) is 22.8 Å². The standard InChI is InChI=1S/C23H23N3O6S/c1-15(32-23(29)19-14-21(27)25-20-7-3-2-6-18(19)20)22(28)24-16-8-10-17(11-9-16)33(30,31)26-12-4-5-13-26/h2-3,6-11,14-15H,4-5,12-13H2,1H3,(H,24,28)(H,25,27)/t15-/m0/s1. The molecule has 1 aliphatic heterocycles. The number of amides is 1. The minimum atomic E-state index is -3.55. The molecule has 0 bridgehead atoms. The van der Waals surface area contributed by atoms with Gasteiger partial charge in [-0.1, -0.05) is 18.2 Å². The Morgan fingerprint density at radius 1 is 1.06 bits per heavy atom. The number of hydrogen-bond donors (Lipinski definition) is 2. The number of carbonyl (C=O) groups is 2. The van der Waals surface area contributed by atoms with Crippen molar-refractivity contribution >= 4 is 38.5 Å². The Morgan fingerprint density at radius 3 is 2.42 bits per heavy atom. The van der Waals surface area contributed by atoms with Gasteiger partial charge in [0.2, 0.25) is 15.6 Å². The average molecular weight is 470 g/mol. The van der Waals surface area contributed by atoms with Crippen molar-refractivity contribution in [1.29, 1.82) is 0 Å². The predicted molar refractivity (Wildman–Crippen MR) is 123 cm³/mol. The van der Waals surface area contributed by atoms with Gasteiger partial charge in [0, 0.05) is 35.7 Å². The Kier molecular flexibility index (Phi) is 6.30. The number of rotatable bonds is 6. The van der Waals surface area contributed by atoms with E-state index in [0.29, 0.717) is 29.7 Å². The second-order valence-electron chi connectivity index (χ2n) is 7.77. The summed E-state index contributed by atoms with van der Waals surface area (Å²) >= 11 is 0. The molecule has 2 heterocycles. The molecule has 1 atom stereocenters. The van der Waals surface area contributed by atoms with E-state index in [1.165, 1.54) is 35.5 Å². The van der Waals surface area contributed by atoms with Crippen molar-refractivity contribution in [3.8, 4) is 0 Å². The maximum atomic E-state index is 12.6. The van der Waals surface area contributed by atoms with Crippen LogP contribution in [-0.2, 0) is 19.6 Å². The number of nitrogens with one attached hydrogen (secondary N) is 2. The van der Waals surface area contributed by atoms with Crippen molar-refractivity contribution in [3.05, 3.63) is 70.5 Å². The van der Waals surface area contributed by atoms with E-state index in [1.807, 2.05) is 0 Å². The highest BCUT2D eigenvalue weighted by Crippen LogP contribution is 2.22. The van der Waals surface area contributed by atoms with E-state index < -0.39 is 33.6 Å². The Balaban J connectivity index is 1.43. The minimum absolute atomic E-state index is 0.0606. The third-order valence-electron chi connectivity index (χ3n) is 5.45. The van der Waals surface area contributed by atoms with Gasteiger partial charge < -0.3 is 15.0 Å². The smallest absolute Gasteiger partial charge is 0.339 e. The fourth-order valence-corrected chi connectivity index (χ4v) is 5.20. The molecule has 1 aliphatic rings. The lowest BCUT2D eigenvalue weighted by atomic mass is 10.1. The van der Waals surface area contributed by atoms with Crippen molar-refractivity contribution < 1.29 is 22.7 Å². The zero-order valence-electron chi connectivity index (χ0n) is 17.9. The highest BCUT2D eigenvalue weighted by atomic mass is 32.2. The van der Waals surface area contributed by atoms with Gasteiger partial charge in [0.05, 0.1) is 10.5 Å². The second kappa shape index (κ2) is 9.16. The van der Waals surface area contributed by atoms with Crippen LogP contribution >= 0.6 is 0 Å². The monoisotopic (exact) mass is 469 g/mol. The summed E-state index contributed by atoms with van der Waals surface area (Å²) in [6.07, 6.45) is 0.539. The van der Waals surface area contributed by atoms with E-state index in [4.69, 9.17) is 4.74 Å². The number of esters is 1. The first kappa shape index (κ1) is 22.7. The maximum Gasteiger partial charge on any atom is 0.339 e. The molecule has 0 saturated carbocycles. The van der Waals surface area contributed by atoms with Crippen LogP contribution in [0.1, 0.15) is 30.1 Å². The van der Waals surface area contributed by atoms with Crippen LogP contribution in [0.5, 0.6) is 0 Å². The summed E-state index contributed by atoms with van der Waals surface area (Å²) in [4.78, 5) is 39.8. The number of sulfonamides is 1. The molecule has 3 aromatic rings. The number of hydrogen-bond acceptors (Lipinski definition) is 6. The van der Waals surface area contributed by atoms with Crippen LogP contribution in [0.3, 0.4) is 0 Å². The van der Waals surface area contributed by atoms with Crippen LogP contribution in [-0.4, -0.2) is 48.8 Å². The summed E-state index contributed by atoms with van der Waals surface area (Å²) in [7, 11) is -3.55. The lowest BCUT2D eigenvalue weighted by Crippen LogP contribution is -2.30. The van der Waals surface area contributed by atoms with Gasteiger partial charge >= 0.3 is 5.97 Å². The van der Waals surface area contributed by atoms with Crippen LogP contribution in [0.15, 0.2) is 64.3 Å². The zero-order valence-corrected chi connectivity index (χ0v) is 18.7. The fourth-order valence-electron chi connectivity index (χ4n) is 3.68. The Morgan fingerprint density at radius 2 is 1.73 bits per heavy atom. The molecule has 1 fully saturated rings. The summed E-state index contributed by atoms with van der Waals surface area (Å²) in [6, 6.07) is 13.8. The molecule has 2 aromatic carbocycles. The molecule has 1 aromatic heterocycles. The number of aromatic nitrogens is 1. The lowest BCUT2D eigenvalue weighted by molar-refractivity contribution is -0.123. The molecule has 2 N–H and O–H groups in total. The van der Waals surface area contributed by atoms with Crippen molar-refractivity contribution in [1.82, 2.24) is 9.29 Å². The molecule has 0 spiro atoms. The number of aromatic amines is 1. The molecular formula is C23H23N3O6S. The van der Waals surface area contributed by atoms with Crippen molar-refractivity contribution in [3.63, 3.8) is 0 Å². The Hall–Kier alpha value is -3.50. The van der Waals surface area contributed by atoms with Crippen LogP contribution in [0.25, 0.3) is 10.9 Å². The third kappa shape index (κ3) is 4.81. The van der Waals surface area contributed by atoms with E-state index >= 15 is 0 Å². The number of carbonyl (C=O) groups excluding carboxylic acids is 2. The summed E-state index contributed by atoms with van der Waals surface area (Å²) in [5.74, 6) is -1.39. The van der Waals surface area contributed by atoms with E-state index in [0.717, 1.165) is 18.9 Å². The molecule has 4 rings (SSSR count). The number of benzene rings is 2. The minimum Gasteiger partial charge on any atom is -0.449 e. The summed E-state index contributed by atoms with van der Waals surface area (Å²) in [6.45, 7) is 2.42. The number of nitrogens with zero attached hydrogens (tertiary/aromatic N) is 1. The summed E-state index contributed by atoms with van der Waals surface area (Å²) in [5.41, 5.74) is 0.454. The van der Waals surface area contributed by atoms with Gasteiger partial charge in [0.25, 0.3) is 5.91 Å². The molecule has 33 heavy (non-hydrogen) atoms. The first-order chi connectivity index (χ1) is 15.8. The van der Waals surface area contributed by atoms with Crippen molar-refractivity contribution in [2.24, 2.45) is 0 Å². The van der Waals surface area contributed by atoms with Gasteiger partial charge in [-0.2, -0.15) is 4.31 Å². The maximum absolute atomic E-state index is 12.6. The molecule has 0 radical (unpaired) electrons. The predicted octanol–water partition coefficient (Wildman–Crippen LogP) is 2.50. The number of H-pyrrole nitrogens is 1. The van der Waals surface area contributed by atoms with Gasteiger partial charge in [0.1, 0.15) is 0 Å². The Bertz CT molecular complexity index is 1360. The number of anilines is 1. The van der Waals surface area contributed by atoms with Crippen LogP contribution < -0.4 is 10.9 Å². The largest absolute Gasteiger partial charge is 0.449 e. The van der Waals surface area contributed by atoms with Gasteiger partial charge in [-0.05, 0) is 50.1 Å². The normalized spacial score (nSPS) is 15.3. The van der Waals surface area contributed by atoms with Gasteiger partial charge in [-0.3, -0.25) is 9.59 Å². The highest BCUT2D eigenvalue weighted by molar-refractivity contribution is 7.89. The second-order valence-corrected chi connectivity index (χ2v) is 9.70. The molecule has 1 saturated heterocycles. The highest BCUT2D eigenvalue weighted by Gasteiger charge is 2.27. The average Bonchev–Trinajstić information content (AvgIpc) is 3.34. The first-order valence-corrected chi connectivity index (χ1v) is 11.9. The van der Waals surface area contributed by atoms with Gasteiger partial charge in [0.15, 0.2) is 6.10 Å². The first-order valence-electron chi connectivity index (χ1n) is 10.5. The van der Waals surface area contributed by atoms with Gasteiger partial charge in [-0.25, -0.2) is 13.2 Å². The van der Waals surface area contributed by atoms with Gasteiger partial charge in [-0.15, -0.1) is 0 Å². The molecule has 10 heteroatoms. The molecule has 172 valence electrons. The number of para-hydroxylation sites is 1. The van der Waals surface area contributed by atoms with Crippen molar-refractivity contribution in [2.75, 3.05) is 18.4 Å². The lowest BCUT2D eigenvalue weighted by Gasteiger charge is -2.16. The fraction of sp³-hybridized carbons (Fsp3) is 0.261.